The lowest BCUT2D eigenvalue weighted by atomic mass is 10.0. The van der Waals surface area contributed by atoms with E-state index in [1.54, 1.807) is 12.1 Å². The molecule has 0 radical (unpaired) electrons. The summed E-state index contributed by atoms with van der Waals surface area (Å²) in [5.74, 6) is 0.574. The standard InChI is InChI=1S/C16H15ClFNO/c1-10(19-13-3-4-15(18)14(17)9-13)11-2-5-16-12(8-11)6-7-20-16/h2-5,8-10,19H,6-7H2,1H3. The first-order valence-corrected chi connectivity index (χ1v) is 6.98. The van der Waals surface area contributed by atoms with Crippen LogP contribution in [0.1, 0.15) is 24.1 Å². The first-order valence-electron chi connectivity index (χ1n) is 6.61. The number of fused-ring (bicyclic) bond motifs is 1. The molecule has 104 valence electrons. The van der Waals surface area contributed by atoms with E-state index in [9.17, 15) is 4.39 Å². The Morgan fingerprint density at radius 1 is 1.25 bits per heavy atom. The second-order valence-electron chi connectivity index (χ2n) is 4.96. The van der Waals surface area contributed by atoms with Gasteiger partial charge in [-0.15, -0.1) is 0 Å². The van der Waals surface area contributed by atoms with Crippen LogP contribution in [-0.4, -0.2) is 6.61 Å². The SMILES string of the molecule is CC(Nc1ccc(F)c(Cl)c1)c1ccc2c(c1)CCO2. The molecule has 1 atom stereocenters. The van der Waals surface area contributed by atoms with Gasteiger partial charge in [0.05, 0.1) is 11.6 Å². The molecule has 1 heterocycles. The number of ether oxygens (including phenoxy) is 1. The van der Waals surface area contributed by atoms with Crippen LogP contribution in [0, 0.1) is 5.82 Å². The van der Waals surface area contributed by atoms with Crippen molar-refractivity contribution in [2.24, 2.45) is 0 Å². The molecule has 4 heteroatoms. The van der Waals surface area contributed by atoms with Crippen molar-refractivity contribution < 1.29 is 9.13 Å². The highest BCUT2D eigenvalue weighted by Crippen LogP contribution is 2.30. The number of hydrogen-bond donors (Lipinski definition) is 1. The number of anilines is 1. The van der Waals surface area contributed by atoms with Crippen molar-refractivity contribution in [2.75, 3.05) is 11.9 Å². The third-order valence-corrected chi connectivity index (χ3v) is 3.81. The minimum absolute atomic E-state index is 0.113. The molecular formula is C16H15ClFNO. The molecule has 0 saturated heterocycles. The molecule has 0 aromatic heterocycles. The van der Waals surface area contributed by atoms with Crippen LogP contribution in [0.25, 0.3) is 0 Å². The van der Waals surface area contributed by atoms with E-state index in [1.165, 1.54) is 17.2 Å². The maximum absolute atomic E-state index is 13.1. The lowest BCUT2D eigenvalue weighted by Gasteiger charge is -2.17. The maximum atomic E-state index is 13.1. The Hall–Kier alpha value is -1.74. The molecule has 1 N–H and O–H groups in total. The van der Waals surface area contributed by atoms with Crippen molar-refractivity contribution in [2.45, 2.75) is 19.4 Å². The Morgan fingerprint density at radius 2 is 2.10 bits per heavy atom. The van der Waals surface area contributed by atoms with Crippen LogP contribution >= 0.6 is 11.6 Å². The topological polar surface area (TPSA) is 21.3 Å². The summed E-state index contributed by atoms with van der Waals surface area (Å²) in [6.07, 6.45) is 0.957. The molecule has 1 unspecified atom stereocenters. The normalized spacial score (nSPS) is 14.6. The van der Waals surface area contributed by atoms with Gasteiger partial charge in [-0.1, -0.05) is 17.7 Å². The van der Waals surface area contributed by atoms with E-state index in [0.29, 0.717) is 0 Å². The number of hydrogen-bond acceptors (Lipinski definition) is 2. The van der Waals surface area contributed by atoms with Crippen molar-refractivity contribution in [1.29, 1.82) is 0 Å². The summed E-state index contributed by atoms with van der Waals surface area (Å²) < 4.78 is 18.6. The Morgan fingerprint density at radius 3 is 2.90 bits per heavy atom. The molecular weight excluding hydrogens is 277 g/mol. The average molecular weight is 292 g/mol. The Balaban J connectivity index is 1.78. The van der Waals surface area contributed by atoms with Gasteiger partial charge < -0.3 is 10.1 Å². The predicted octanol–water partition coefficient (Wildman–Crippen LogP) is 4.59. The quantitative estimate of drug-likeness (QED) is 0.893. The van der Waals surface area contributed by atoms with Crippen molar-refractivity contribution in [1.82, 2.24) is 0 Å². The van der Waals surface area contributed by atoms with E-state index in [2.05, 4.69) is 18.3 Å². The van der Waals surface area contributed by atoms with Crippen LogP contribution in [0.5, 0.6) is 5.75 Å². The molecule has 3 rings (SSSR count). The summed E-state index contributed by atoms with van der Waals surface area (Å²) in [6.45, 7) is 2.82. The summed E-state index contributed by atoms with van der Waals surface area (Å²) in [4.78, 5) is 0. The van der Waals surface area contributed by atoms with E-state index in [1.807, 2.05) is 12.1 Å². The van der Waals surface area contributed by atoms with Crippen LogP contribution in [0.3, 0.4) is 0 Å². The van der Waals surface area contributed by atoms with E-state index in [-0.39, 0.29) is 11.1 Å². The summed E-state index contributed by atoms with van der Waals surface area (Å²) in [5.41, 5.74) is 3.23. The fourth-order valence-corrected chi connectivity index (χ4v) is 2.58. The summed E-state index contributed by atoms with van der Waals surface area (Å²) in [6, 6.07) is 11.0. The molecule has 20 heavy (non-hydrogen) atoms. The fraction of sp³-hybridized carbons (Fsp3) is 0.250. The molecule has 0 bridgehead atoms. The lowest BCUT2D eigenvalue weighted by molar-refractivity contribution is 0.357. The number of nitrogens with one attached hydrogen (secondary N) is 1. The third-order valence-electron chi connectivity index (χ3n) is 3.52. The van der Waals surface area contributed by atoms with Crippen molar-refractivity contribution >= 4 is 17.3 Å². The molecule has 1 aliphatic rings. The summed E-state index contributed by atoms with van der Waals surface area (Å²) >= 11 is 5.79. The monoisotopic (exact) mass is 291 g/mol. The molecule has 0 saturated carbocycles. The molecule has 2 aromatic carbocycles. The largest absolute Gasteiger partial charge is 0.493 e. The van der Waals surface area contributed by atoms with Gasteiger partial charge in [-0.25, -0.2) is 4.39 Å². The third kappa shape index (κ3) is 2.59. The van der Waals surface area contributed by atoms with Crippen molar-refractivity contribution in [3.63, 3.8) is 0 Å². The first-order chi connectivity index (χ1) is 9.63. The zero-order chi connectivity index (χ0) is 14.1. The number of rotatable bonds is 3. The van der Waals surface area contributed by atoms with E-state index >= 15 is 0 Å². The minimum atomic E-state index is -0.403. The maximum Gasteiger partial charge on any atom is 0.141 e. The molecule has 2 aromatic rings. The van der Waals surface area contributed by atoms with E-state index < -0.39 is 5.82 Å². The molecule has 0 aliphatic carbocycles. The second kappa shape index (κ2) is 5.33. The first kappa shape index (κ1) is 13.3. The van der Waals surface area contributed by atoms with Gasteiger partial charge in [-0.2, -0.15) is 0 Å². The Labute approximate surface area is 122 Å². The summed E-state index contributed by atoms with van der Waals surface area (Å²) in [7, 11) is 0. The smallest absolute Gasteiger partial charge is 0.141 e. The van der Waals surface area contributed by atoms with Gasteiger partial charge in [0.25, 0.3) is 0 Å². The highest BCUT2D eigenvalue weighted by Gasteiger charge is 2.14. The van der Waals surface area contributed by atoms with Gasteiger partial charge in [0.2, 0.25) is 0 Å². The lowest BCUT2D eigenvalue weighted by Crippen LogP contribution is -2.07. The highest BCUT2D eigenvalue weighted by atomic mass is 35.5. The minimum Gasteiger partial charge on any atom is -0.493 e. The summed E-state index contributed by atoms with van der Waals surface area (Å²) in [5, 5.41) is 3.45. The molecule has 0 fully saturated rings. The average Bonchev–Trinajstić information content (AvgIpc) is 2.90. The van der Waals surface area contributed by atoms with Gasteiger partial charge in [-0.05, 0) is 48.4 Å². The van der Waals surface area contributed by atoms with Gasteiger partial charge >= 0.3 is 0 Å². The van der Waals surface area contributed by atoms with Gasteiger partial charge in [-0.3, -0.25) is 0 Å². The highest BCUT2D eigenvalue weighted by molar-refractivity contribution is 6.31. The van der Waals surface area contributed by atoms with Crippen molar-refractivity contribution in [3.05, 3.63) is 58.4 Å². The van der Waals surface area contributed by atoms with Gasteiger partial charge in [0.1, 0.15) is 11.6 Å². The predicted molar refractivity (Wildman–Crippen MR) is 79.1 cm³/mol. The second-order valence-corrected chi connectivity index (χ2v) is 5.37. The fourth-order valence-electron chi connectivity index (χ4n) is 2.40. The molecule has 0 spiro atoms. The molecule has 0 amide bonds. The Bertz CT molecular complexity index is 644. The van der Waals surface area contributed by atoms with Gasteiger partial charge in [0.15, 0.2) is 0 Å². The van der Waals surface area contributed by atoms with Gasteiger partial charge in [0, 0.05) is 18.2 Å². The Kier molecular flexibility index (Phi) is 3.53. The van der Waals surface area contributed by atoms with Crippen LogP contribution in [0.15, 0.2) is 36.4 Å². The van der Waals surface area contributed by atoms with E-state index in [4.69, 9.17) is 16.3 Å². The van der Waals surface area contributed by atoms with Crippen molar-refractivity contribution in [3.8, 4) is 5.75 Å². The van der Waals surface area contributed by atoms with E-state index in [0.717, 1.165) is 24.5 Å². The molecule has 2 nitrogen and oxygen atoms in total. The zero-order valence-electron chi connectivity index (χ0n) is 11.1. The van der Waals surface area contributed by atoms with Crippen LogP contribution in [0.2, 0.25) is 5.02 Å². The zero-order valence-corrected chi connectivity index (χ0v) is 11.9. The van der Waals surface area contributed by atoms with Crippen LogP contribution in [0.4, 0.5) is 10.1 Å². The van der Waals surface area contributed by atoms with Crippen LogP contribution in [-0.2, 0) is 6.42 Å². The number of halogens is 2. The van der Waals surface area contributed by atoms with Crippen LogP contribution < -0.4 is 10.1 Å². The number of benzene rings is 2. The molecule has 1 aliphatic heterocycles.